The summed E-state index contributed by atoms with van der Waals surface area (Å²) in [7, 11) is 0. The van der Waals surface area contributed by atoms with Gasteiger partial charge < -0.3 is 15.3 Å². The summed E-state index contributed by atoms with van der Waals surface area (Å²) in [5.74, 6) is 0.821. The Morgan fingerprint density at radius 2 is 1.91 bits per heavy atom. The van der Waals surface area contributed by atoms with Crippen molar-refractivity contribution < 1.29 is 9.90 Å². The number of carbonyl (C=O) groups is 1. The number of pyridine rings is 2. The molecule has 1 atom stereocenters. The fourth-order valence-electron chi connectivity index (χ4n) is 5.14. The number of nitrogens with zero attached hydrogens (tertiary/aromatic N) is 3. The molecule has 3 aromatic rings. The highest BCUT2D eigenvalue weighted by atomic mass is 16.3. The summed E-state index contributed by atoms with van der Waals surface area (Å²) in [6.45, 7) is 1.56. The van der Waals surface area contributed by atoms with Crippen LogP contribution in [-0.4, -0.2) is 40.2 Å². The topological polar surface area (TPSA) is 78.4 Å². The van der Waals surface area contributed by atoms with Crippen LogP contribution in [-0.2, 0) is 17.6 Å². The number of carbonyl (C=O) groups excluding carboxylic acids is 1. The van der Waals surface area contributed by atoms with Gasteiger partial charge in [-0.3, -0.25) is 9.78 Å². The van der Waals surface area contributed by atoms with E-state index in [9.17, 15) is 9.90 Å². The minimum atomic E-state index is -0.265. The number of aliphatic hydroxyl groups excluding tert-OH is 1. The normalized spacial score (nSPS) is 20.4. The third kappa shape index (κ3) is 3.62. The lowest BCUT2D eigenvalue weighted by Gasteiger charge is -2.27. The van der Waals surface area contributed by atoms with Gasteiger partial charge in [0.05, 0.1) is 17.3 Å². The van der Waals surface area contributed by atoms with E-state index in [1.165, 1.54) is 29.8 Å². The molecule has 1 saturated carbocycles. The molecule has 0 radical (unpaired) electrons. The van der Waals surface area contributed by atoms with E-state index in [-0.39, 0.29) is 17.9 Å². The zero-order valence-corrected chi connectivity index (χ0v) is 18.2. The second-order valence-corrected chi connectivity index (χ2v) is 9.41. The van der Waals surface area contributed by atoms with Gasteiger partial charge in [-0.05, 0) is 85.9 Å². The van der Waals surface area contributed by atoms with E-state index in [2.05, 4.69) is 33.4 Å². The molecule has 6 rings (SSSR count). The maximum atomic E-state index is 12.2. The van der Waals surface area contributed by atoms with Crippen LogP contribution in [0.1, 0.15) is 43.4 Å². The molecule has 2 fully saturated rings. The van der Waals surface area contributed by atoms with E-state index in [1.807, 2.05) is 12.1 Å². The SMILES string of the molecule is O=C(Nc1cc(-c2ccc3nc4c(c(N5CC[C@H](O)C5)c3c2)CCCC4)ccn1)C1CC1. The van der Waals surface area contributed by atoms with Gasteiger partial charge in [-0.25, -0.2) is 4.98 Å². The van der Waals surface area contributed by atoms with Crippen LogP contribution in [0, 0.1) is 5.92 Å². The molecule has 1 amide bonds. The Balaban J connectivity index is 1.43. The van der Waals surface area contributed by atoms with Gasteiger partial charge in [0.1, 0.15) is 5.82 Å². The Bertz CT molecular complexity index is 1200. The number of aliphatic hydroxyl groups is 1. The number of aromatic nitrogens is 2. The second kappa shape index (κ2) is 7.85. The summed E-state index contributed by atoms with van der Waals surface area (Å²) in [6.07, 6.45) is 8.72. The molecular weight excluding hydrogens is 400 g/mol. The lowest BCUT2D eigenvalue weighted by molar-refractivity contribution is -0.117. The summed E-state index contributed by atoms with van der Waals surface area (Å²) in [5, 5.41) is 14.3. The van der Waals surface area contributed by atoms with E-state index in [0.717, 1.165) is 60.7 Å². The molecule has 0 bridgehead atoms. The van der Waals surface area contributed by atoms with Crippen molar-refractivity contribution in [3.63, 3.8) is 0 Å². The third-order valence-corrected chi connectivity index (χ3v) is 7.00. The van der Waals surface area contributed by atoms with Crippen LogP contribution in [0.4, 0.5) is 11.5 Å². The van der Waals surface area contributed by atoms with Crippen LogP contribution >= 0.6 is 0 Å². The van der Waals surface area contributed by atoms with Gasteiger partial charge in [0, 0.05) is 36.3 Å². The molecule has 2 N–H and O–H groups in total. The standard InChI is InChI=1S/C26H28N4O2/c31-19-10-12-30(15-19)25-20-3-1-2-4-22(20)28-23-8-7-17(13-21(23)25)18-9-11-27-24(14-18)29-26(32)16-5-6-16/h7-9,11,13-14,16,19,31H,1-6,10,12,15H2,(H,27,29,32)/t19-/m0/s1. The minimum absolute atomic E-state index is 0.0684. The molecular formula is C26H28N4O2. The van der Waals surface area contributed by atoms with Crippen molar-refractivity contribution in [2.24, 2.45) is 5.92 Å². The van der Waals surface area contributed by atoms with Gasteiger partial charge in [-0.2, -0.15) is 0 Å². The van der Waals surface area contributed by atoms with Crippen molar-refractivity contribution in [3.8, 4) is 11.1 Å². The summed E-state index contributed by atoms with van der Waals surface area (Å²) in [4.78, 5) is 23.9. The first kappa shape index (κ1) is 19.7. The molecule has 1 aliphatic heterocycles. The molecule has 2 aromatic heterocycles. The number of nitrogens with one attached hydrogen (secondary N) is 1. The average Bonchev–Trinajstić information content (AvgIpc) is 3.58. The number of hydrogen-bond donors (Lipinski definition) is 2. The van der Waals surface area contributed by atoms with Crippen molar-refractivity contribution in [1.82, 2.24) is 9.97 Å². The average molecular weight is 429 g/mol. The maximum Gasteiger partial charge on any atom is 0.228 e. The van der Waals surface area contributed by atoms with Crippen LogP contribution < -0.4 is 10.2 Å². The number of rotatable bonds is 4. The number of β-amino-alcohol motifs (C(OH)–C–C–N with tert-alkyl or cyclic N) is 1. The Hall–Kier alpha value is -2.99. The van der Waals surface area contributed by atoms with Gasteiger partial charge in [0.25, 0.3) is 0 Å². The molecule has 3 aliphatic rings. The maximum absolute atomic E-state index is 12.2. The lowest BCUT2D eigenvalue weighted by Crippen LogP contribution is -2.24. The Labute approximate surface area is 187 Å². The first-order valence-corrected chi connectivity index (χ1v) is 11.8. The van der Waals surface area contributed by atoms with Gasteiger partial charge in [-0.1, -0.05) is 6.07 Å². The van der Waals surface area contributed by atoms with Crippen molar-refractivity contribution in [1.29, 1.82) is 0 Å². The Morgan fingerprint density at radius 1 is 1.06 bits per heavy atom. The highest BCUT2D eigenvalue weighted by Gasteiger charge is 2.30. The number of fused-ring (bicyclic) bond motifs is 2. The van der Waals surface area contributed by atoms with E-state index >= 15 is 0 Å². The van der Waals surface area contributed by atoms with E-state index in [1.54, 1.807) is 6.20 Å². The molecule has 1 saturated heterocycles. The van der Waals surface area contributed by atoms with Crippen molar-refractivity contribution in [2.45, 2.75) is 51.0 Å². The number of amides is 1. The van der Waals surface area contributed by atoms with Crippen LogP contribution in [0.2, 0.25) is 0 Å². The van der Waals surface area contributed by atoms with Gasteiger partial charge >= 0.3 is 0 Å². The number of benzene rings is 1. The molecule has 3 heterocycles. The molecule has 6 nitrogen and oxygen atoms in total. The number of aryl methyl sites for hydroxylation is 1. The quantitative estimate of drug-likeness (QED) is 0.654. The molecule has 32 heavy (non-hydrogen) atoms. The van der Waals surface area contributed by atoms with Crippen LogP contribution in [0.15, 0.2) is 36.5 Å². The first-order chi connectivity index (χ1) is 15.7. The predicted octanol–water partition coefficient (Wildman–Crippen LogP) is 4.10. The largest absolute Gasteiger partial charge is 0.391 e. The Kier molecular flexibility index (Phi) is 4.83. The molecule has 0 spiro atoms. The molecule has 6 heteroatoms. The summed E-state index contributed by atoms with van der Waals surface area (Å²) < 4.78 is 0. The first-order valence-electron chi connectivity index (χ1n) is 11.8. The number of anilines is 2. The van der Waals surface area contributed by atoms with E-state index < -0.39 is 0 Å². The van der Waals surface area contributed by atoms with Gasteiger partial charge in [0.2, 0.25) is 5.91 Å². The van der Waals surface area contributed by atoms with Gasteiger partial charge in [-0.15, -0.1) is 0 Å². The monoisotopic (exact) mass is 428 g/mol. The smallest absolute Gasteiger partial charge is 0.228 e. The third-order valence-electron chi connectivity index (χ3n) is 7.00. The molecule has 1 aromatic carbocycles. The van der Waals surface area contributed by atoms with Crippen molar-refractivity contribution >= 4 is 28.3 Å². The summed E-state index contributed by atoms with van der Waals surface area (Å²) >= 11 is 0. The molecule has 164 valence electrons. The molecule has 2 aliphatic carbocycles. The van der Waals surface area contributed by atoms with Gasteiger partial charge in [0.15, 0.2) is 0 Å². The van der Waals surface area contributed by atoms with E-state index in [0.29, 0.717) is 12.4 Å². The van der Waals surface area contributed by atoms with Crippen LogP contribution in [0.25, 0.3) is 22.0 Å². The van der Waals surface area contributed by atoms with E-state index in [4.69, 9.17) is 4.98 Å². The zero-order valence-electron chi connectivity index (χ0n) is 18.2. The summed E-state index contributed by atoms with van der Waals surface area (Å²) in [5.41, 5.74) is 6.98. The summed E-state index contributed by atoms with van der Waals surface area (Å²) in [6, 6.07) is 10.4. The second-order valence-electron chi connectivity index (χ2n) is 9.41. The highest BCUT2D eigenvalue weighted by Crippen LogP contribution is 2.39. The highest BCUT2D eigenvalue weighted by molar-refractivity contribution is 5.98. The van der Waals surface area contributed by atoms with Crippen molar-refractivity contribution in [3.05, 3.63) is 47.8 Å². The zero-order chi connectivity index (χ0) is 21.7. The fraction of sp³-hybridized carbons (Fsp3) is 0.423. The predicted molar refractivity (Wildman–Crippen MR) is 126 cm³/mol. The Morgan fingerprint density at radius 3 is 2.72 bits per heavy atom. The van der Waals surface area contributed by atoms with Crippen molar-refractivity contribution in [2.75, 3.05) is 23.3 Å². The number of hydrogen-bond acceptors (Lipinski definition) is 5. The minimum Gasteiger partial charge on any atom is -0.391 e. The van der Waals surface area contributed by atoms with Crippen LogP contribution in [0.5, 0.6) is 0 Å². The lowest BCUT2D eigenvalue weighted by atomic mass is 9.91. The fourth-order valence-corrected chi connectivity index (χ4v) is 5.14. The van der Waals surface area contributed by atoms with Crippen LogP contribution in [0.3, 0.4) is 0 Å². The molecule has 0 unspecified atom stereocenters.